The third-order valence-electron chi connectivity index (χ3n) is 5.17. The molecule has 0 aromatic heterocycles. The average Bonchev–Trinajstić information content (AvgIpc) is 3.09. The van der Waals surface area contributed by atoms with E-state index in [1.54, 1.807) is 56.5 Å². The molecule has 0 amide bonds. The summed E-state index contributed by atoms with van der Waals surface area (Å²) in [4.78, 5) is 25.3. The largest absolute Gasteiger partial charge is 0.497 e. The van der Waals surface area contributed by atoms with E-state index in [1.165, 1.54) is 5.56 Å². The van der Waals surface area contributed by atoms with Gasteiger partial charge < -0.3 is 14.2 Å². The minimum absolute atomic E-state index is 0.180. The SMILES string of the molecule is CCc1ccc(/C=C2\Oc3cc(OC(=O)c4ccc(OC)cc4)cc(C)c3C2=O)cc1. The minimum atomic E-state index is -0.502. The first-order chi connectivity index (χ1) is 15.0. The number of aryl methyl sites for hydroxylation is 2. The van der Waals surface area contributed by atoms with Gasteiger partial charge in [0.05, 0.1) is 18.2 Å². The van der Waals surface area contributed by atoms with Gasteiger partial charge in [-0.15, -0.1) is 0 Å². The van der Waals surface area contributed by atoms with Crippen LogP contribution in [0.15, 0.2) is 66.4 Å². The highest BCUT2D eigenvalue weighted by Crippen LogP contribution is 2.37. The van der Waals surface area contributed by atoms with Crippen molar-refractivity contribution in [1.29, 1.82) is 0 Å². The molecule has 0 fully saturated rings. The summed E-state index contributed by atoms with van der Waals surface area (Å²) in [5, 5.41) is 0. The normalized spacial score (nSPS) is 13.6. The Morgan fingerprint density at radius 2 is 1.71 bits per heavy atom. The molecule has 0 aliphatic carbocycles. The fourth-order valence-corrected chi connectivity index (χ4v) is 3.43. The van der Waals surface area contributed by atoms with E-state index in [9.17, 15) is 9.59 Å². The van der Waals surface area contributed by atoms with Crippen LogP contribution in [0.25, 0.3) is 6.08 Å². The zero-order valence-corrected chi connectivity index (χ0v) is 17.6. The number of carbonyl (C=O) groups excluding carboxylic acids is 2. The van der Waals surface area contributed by atoms with Crippen LogP contribution in [0.4, 0.5) is 0 Å². The summed E-state index contributed by atoms with van der Waals surface area (Å²) in [7, 11) is 1.56. The summed E-state index contributed by atoms with van der Waals surface area (Å²) < 4.78 is 16.4. The molecule has 5 heteroatoms. The molecule has 1 aliphatic rings. The molecular formula is C26H22O5. The highest BCUT2D eigenvalue weighted by atomic mass is 16.5. The number of benzene rings is 3. The van der Waals surface area contributed by atoms with Crippen molar-refractivity contribution in [1.82, 2.24) is 0 Å². The Labute approximate surface area is 180 Å². The van der Waals surface area contributed by atoms with Crippen LogP contribution in [0.2, 0.25) is 0 Å². The Bertz CT molecular complexity index is 1170. The molecule has 1 aliphatic heterocycles. The fraction of sp³-hybridized carbons (Fsp3) is 0.154. The molecule has 0 atom stereocenters. The second kappa shape index (κ2) is 8.48. The third-order valence-corrected chi connectivity index (χ3v) is 5.17. The van der Waals surface area contributed by atoms with Gasteiger partial charge in [-0.05, 0) is 66.4 Å². The van der Waals surface area contributed by atoms with E-state index in [-0.39, 0.29) is 11.5 Å². The van der Waals surface area contributed by atoms with Crippen molar-refractivity contribution in [3.63, 3.8) is 0 Å². The van der Waals surface area contributed by atoms with Crippen molar-refractivity contribution in [2.75, 3.05) is 7.11 Å². The fourth-order valence-electron chi connectivity index (χ4n) is 3.43. The molecule has 4 rings (SSSR count). The van der Waals surface area contributed by atoms with Crippen molar-refractivity contribution in [3.05, 3.63) is 94.2 Å². The number of hydrogen-bond donors (Lipinski definition) is 0. The smallest absolute Gasteiger partial charge is 0.343 e. The monoisotopic (exact) mass is 414 g/mol. The number of rotatable bonds is 5. The number of carbonyl (C=O) groups is 2. The summed E-state index contributed by atoms with van der Waals surface area (Å²) in [6.45, 7) is 3.89. The number of allylic oxidation sites excluding steroid dienone is 1. The molecule has 3 aromatic carbocycles. The number of Topliss-reactive ketones (excluding diaryl/α,β-unsaturated/α-hetero) is 1. The molecule has 0 saturated carbocycles. The predicted octanol–water partition coefficient (Wildman–Crippen LogP) is 5.40. The van der Waals surface area contributed by atoms with Crippen LogP contribution in [0.3, 0.4) is 0 Å². The van der Waals surface area contributed by atoms with Crippen molar-refractivity contribution < 1.29 is 23.8 Å². The highest BCUT2D eigenvalue weighted by Gasteiger charge is 2.30. The summed E-state index contributed by atoms with van der Waals surface area (Å²) in [5.74, 6) is 0.928. The van der Waals surface area contributed by atoms with E-state index in [2.05, 4.69) is 6.92 Å². The minimum Gasteiger partial charge on any atom is -0.497 e. The number of ketones is 1. The molecule has 0 saturated heterocycles. The lowest BCUT2D eigenvalue weighted by Gasteiger charge is -2.08. The Balaban J connectivity index is 1.56. The van der Waals surface area contributed by atoms with Crippen LogP contribution in [0.1, 0.15) is 44.3 Å². The lowest BCUT2D eigenvalue weighted by atomic mass is 10.0. The Morgan fingerprint density at radius 3 is 2.35 bits per heavy atom. The van der Waals surface area contributed by atoms with Gasteiger partial charge in [0.15, 0.2) is 5.76 Å². The lowest BCUT2D eigenvalue weighted by molar-refractivity contribution is 0.0734. The zero-order valence-electron chi connectivity index (χ0n) is 17.6. The van der Waals surface area contributed by atoms with Gasteiger partial charge >= 0.3 is 5.97 Å². The van der Waals surface area contributed by atoms with Crippen molar-refractivity contribution >= 4 is 17.8 Å². The number of fused-ring (bicyclic) bond motifs is 1. The quantitative estimate of drug-likeness (QED) is 0.318. The van der Waals surface area contributed by atoms with Gasteiger partial charge in [-0.1, -0.05) is 31.2 Å². The van der Waals surface area contributed by atoms with Crippen LogP contribution in [-0.4, -0.2) is 18.9 Å². The summed E-state index contributed by atoms with van der Waals surface area (Å²) in [6.07, 6.45) is 2.68. The highest BCUT2D eigenvalue weighted by molar-refractivity contribution is 6.15. The second-order valence-electron chi connectivity index (χ2n) is 7.27. The molecule has 5 nitrogen and oxygen atoms in total. The van der Waals surface area contributed by atoms with Crippen molar-refractivity contribution in [2.24, 2.45) is 0 Å². The van der Waals surface area contributed by atoms with E-state index in [1.807, 2.05) is 24.3 Å². The maximum Gasteiger partial charge on any atom is 0.343 e. The maximum absolute atomic E-state index is 12.8. The first-order valence-corrected chi connectivity index (χ1v) is 10.0. The molecule has 156 valence electrons. The van der Waals surface area contributed by atoms with E-state index in [0.717, 1.165) is 12.0 Å². The predicted molar refractivity (Wildman–Crippen MR) is 118 cm³/mol. The number of methoxy groups -OCH3 is 1. The molecular weight excluding hydrogens is 392 g/mol. The van der Waals surface area contributed by atoms with Gasteiger partial charge in [-0.2, -0.15) is 0 Å². The first kappa shape index (κ1) is 20.4. The molecule has 0 N–H and O–H groups in total. The maximum atomic E-state index is 12.8. The average molecular weight is 414 g/mol. The summed E-state index contributed by atoms with van der Waals surface area (Å²) in [5.41, 5.74) is 3.68. The Morgan fingerprint density at radius 1 is 1.00 bits per heavy atom. The lowest BCUT2D eigenvalue weighted by Crippen LogP contribution is -2.08. The molecule has 0 spiro atoms. The number of ether oxygens (including phenoxy) is 3. The second-order valence-corrected chi connectivity index (χ2v) is 7.27. The zero-order chi connectivity index (χ0) is 22.0. The van der Waals surface area contributed by atoms with Gasteiger partial charge in [0.1, 0.15) is 17.2 Å². The molecule has 0 bridgehead atoms. The number of hydrogen-bond acceptors (Lipinski definition) is 5. The number of esters is 1. The Hall–Kier alpha value is -3.86. The third kappa shape index (κ3) is 4.21. The van der Waals surface area contributed by atoms with Gasteiger partial charge in [-0.3, -0.25) is 4.79 Å². The van der Waals surface area contributed by atoms with Crippen LogP contribution < -0.4 is 14.2 Å². The van der Waals surface area contributed by atoms with Crippen molar-refractivity contribution in [3.8, 4) is 17.2 Å². The van der Waals surface area contributed by atoms with Gasteiger partial charge in [-0.25, -0.2) is 4.79 Å². The molecule has 1 heterocycles. The van der Waals surface area contributed by atoms with Crippen LogP contribution in [0, 0.1) is 6.92 Å². The summed E-state index contributed by atoms with van der Waals surface area (Å²) >= 11 is 0. The van der Waals surface area contributed by atoms with Gasteiger partial charge in [0, 0.05) is 6.07 Å². The van der Waals surface area contributed by atoms with Gasteiger partial charge in [0.25, 0.3) is 0 Å². The summed E-state index contributed by atoms with van der Waals surface area (Å²) in [6, 6.07) is 17.9. The molecule has 0 unspecified atom stereocenters. The van der Waals surface area contributed by atoms with Gasteiger partial charge in [0.2, 0.25) is 5.78 Å². The van der Waals surface area contributed by atoms with E-state index in [0.29, 0.717) is 33.9 Å². The molecule has 3 aromatic rings. The van der Waals surface area contributed by atoms with Crippen LogP contribution >= 0.6 is 0 Å². The van der Waals surface area contributed by atoms with Crippen LogP contribution in [0.5, 0.6) is 17.2 Å². The molecule has 31 heavy (non-hydrogen) atoms. The van der Waals surface area contributed by atoms with Crippen molar-refractivity contribution in [2.45, 2.75) is 20.3 Å². The Kier molecular flexibility index (Phi) is 5.58. The van der Waals surface area contributed by atoms with E-state index < -0.39 is 5.97 Å². The van der Waals surface area contributed by atoms with E-state index >= 15 is 0 Å². The molecule has 0 radical (unpaired) electrons. The first-order valence-electron chi connectivity index (χ1n) is 10.0. The van der Waals surface area contributed by atoms with E-state index in [4.69, 9.17) is 14.2 Å². The topological polar surface area (TPSA) is 61.8 Å². The van der Waals surface area contributed by atoms with Crippen LogP contribution in [-0.2, 0) is 6.42 Å². The standard InChI is InChI=1S/C26H22O5/c1-4-17-5-7-18(8-6-17)14-23-25(27)24-16(2)13-21(15-22(24)31-23)30-26(28)19-9-11-20(29-3)12-10-19/h5-15H,4H2,1-3H3/b23-14-.